The molecule has 0 aliphatic carbocycles. The number of nitrogens with one attached hydrogen (secondary N) is 1. The van der Waals surface area contributed by atoms with Crippen LogP contribution in [0.4, 0.5) is 20.3 Å². The molecule has 1 aromatic carbocycles. The minimum Gasteiger partial charge on any atom is -0.356 e. The van der Waals surface area contributed by atoms with Gasteiger partial charge in [0.05, 0.1) is 11.1 Å². The van der Waals surface area contributed by atoms with Crippen molar-refractivity contribution in [2.45, 2.75) is 25.2 Å². The van der Waals surface area contributed by atoms with E-state index in [2.05, 4.69) is 15.3 Å². The molecule has 1 aliphatic heterocycles. The van der Waals surface area contributed by atoms with Gasteiger partial charge < -0.3 is 10.2 Å². The number of fused-ring (bicyclic) bond motifs is 1. The lowest BCUT2D eigenvalue weighted by molar-refractivity contribution is -0.0102. The monoisotopic (exact) mass is 407 g/mol. The van der Waals surface area contributed by atoms with Gasteiger partial charge in [0.15, 0.2) is 0 Å². The van der Waals surface area contributed by atoms with Crippen LogP contribution in [0.15, 0.2) is 48.7 Å². The second-order valence-electron chi connectivity index (χ2n) is 7.24. The largest absolute Gasteiger partial charge is 0.356 e. The Morgan fingerprint density at radius 1 is 1.17 bits per heavy atom. The first kappa shape index (κ1) is 19.7. The summed E-state index contributed by atoms with van der Waals surface area (Å²) in [5, 5.41) is 12.6. The van der Waals surface area contributed by atoms with Crippen molar-refractivity contribution >= 4 is 28.3 Å². The second-order valence-corrected chi connectivity index (χ2v) is 7.24. The van der Waals surface area contributed by atoms with Crippen LogP contribution in [0, 0.1) is 11.3 Å². The minimum absolute atomic E-state index is 0.118. The fraction of sp³-hybridized carbons (Fsp3) is 0.273. The molecular formula is C22H19F2N5O. The molecule has 8 heteroatoms. The molecule has 0 atom stereocenters. The lowest BCUT2D eigenvalue weighted by atomic mass is 10.1. The third-order valence-corrected chi connectivity index (χ3v) is 5.10. The first-order valence-corrected chi connectivity index (χ1v) is 9.65. The number of hydrogen-bond acceptors (Lipinski definition) is 5. The Labute approximate surface area is 172 Å². The van der Waals surface area contributed by atoms with E-state index in [1.165, 1.54) is 12.3 Å². The van der Waals surface area contributed by atoms with Gasteiger partial charge in [0.25, 0.3) is 5.91 Å². The van der Waals surface area contributed by atoms with Crippen molar-refractivity contribution in [2.75, 3.05) is 23.3 Å². The maximum Gasteiger partial charge on any atom is 0.259 e. The van der Waals surface area contributed by atoms with Gasteiger partial charge in [-0.2, -0.15) is 5.26 Å². The van der Waals surface area contributed by atoms with E-state index in [-0.39, 0.29) is 25.1 Å². The van der Waals surface area contributed by atoms with Crippen LogP contribution in [0.5, 0.6) is 0 Å². The maximum atomic E-state index is 13.9. The molecule has 30 heavy (non-hydrogen) atoms. The van der Waals surface area contributed by atoms with Crippen molar-refractivity contribution in [3.63, 3.8) is 0 Å². The van der Waals surface area contributed by atoms with Crippen LogP contribution in [0.3, 0.4) is 0 Å². The molecule has 6 nitrogen and oxygen atoms in total. The van der Waals surface area contributed by atoms with Crippen molar-refractivity contribution in [1.82, 2.24) is 9.97 Å². The van der Waals surface area contributed by atoms with Gasteiger partial charge in [0, 0.05) is 43.2 Å². The first-order valence-electron chi connectivity index (χ1n) is 9.65. The van der Waals surface area contributed by atoms with Crippen LogP contribution in [0.1, 0.15) is 35.3 Å². The zero-order valence-electron chi connectivity index (χ0n) is 16.1. The Balaban J connectivity index is 1.72. The molecule has 2 aromatic heterocycles. The fourth-order valence-corrected chi connectivity index (χ4v) is 3.56. The molecule has 4 rings (SSSR count). The SMILES string of the molecule is N#Cc1cc(NC(=O)c2cc3ccccc3nc2N2CCCC(F)(F)CC2)ccn1. The average molecular weight is 407 g/mol. The topological polar surface area (TPSA) is 81.9 Å². The number of nitriles is 1. The number of rotatable bonds is 3. The molecule has 0 bridgehead atoms. The number of para-hydroxylation sites is 1. The van der Waals surface area contributed by atoms with Crippen molar-refractivity contribution in [3.8, 4) is 6.07 Å². The summed E-state index contributed by atoms with van der Waals surface area (Å²) in [6.45, 7) is 0.515. The number of benzene rings is 1. The number of pyridine rings is 2. The van der Waals surface area contributed by atoms with E-state index in [0.29, 0.717) is 35.6 Å². The Hall–Kier alpha value is -3.60. The highest BCUT2D eigenvalue weighted by molar-refractivity contribution is 6.09. The molecule has 3 aromatic rings. The first-order chi connectivity index (χ1) is 14.4. The summed E-state index contributed by atoms with van der Waals surface area (Å²) in [6.07, 6.45) is 1.30. The maximum absolute atomic E-state index is 13.9. The molecule has 1 N–H and O–H groups in total. The molecule has 1 saturated heterocycles. The van der Waals surface area contributed by atoms with Gasteiger partial charge in [-0.15, -0.1) is 0 Å². The van der Waals surface area contributed by atoms with E-state index in [0.717, 1.165) is 5.39 Å². The van der Waals surface area contributed by atoms with Crippen molar-refractivity contribution in [2.24, 2.45) is 0 Å². The number of aromatic nitrogens is 2. The molecule has 1 fully saturated rings. The van der Waals surface area contributed by atoms with Crippen LogP contribution in [-0.2, 0) is 0 Å². The Kier molecular flexibility index (Phi) is 5.27. The summed E-state index contributed by atoms with van der Waals surface area (Å²) in [6, 6.07) is 14.1. The quantitative estimate of drug-likeness (QED) is 0.697. The van der Waals surface area contributed by atoms with E-state index in [4.69, 9.17) is 5.26 Å². The molecular weight excluding hydrogens is 388 g/mol. The number of halogens is 2. The van der Waals surface area contributed by atoms with Crippen molar-refractivity contribution in [1.29, 1.82) is 5.26 Å². The van der Waals surface area contributed by atoms with Gasteiger partial charge in [0.2, 0.25) is 5.92 Å². The van der Waals surface area contributed by atoms with Crippen LogP contribution < -0.4 is 10.2 Å². The summed E-state index contributed by atoms with van der Waals surface area (Å²) >= 11 is 0. The zero-order valence-corrected chi connectivity index (χ0v) is 16.1. The summed E-state index contributed by atoms with van der Waals surface area (Å²) in [5.74, 6) is -2.74. The highest BCUT2D eigenvalue weighted by Gasteiger charge is 2.33. The molecule has 0 radical (unpaired) electrons. The number of carbonyl (C=O) groups excluding carboxylic acids is 1. The third-order valence-electron chi connectivity index (χ3n) is 5.10. The molecule has 3 heterocycles. The summed E-state index contributed by atoms with van der Waals surface area (Å²) in [4.78, 5) is 23.4. The van der Waals surface area contributed by atoms with Crippen LogP contribution in [0.2, 0.25) is 0 Å². The average Bonchev–Trinajstić information content (AvgIpc) is 2.93. The Morgan fingerprint density at radius 2 is 2.00 bits per heavy atom. The van der Waals surface area contributed by atoms with Gasteiger partial charge in [-0.3, -0.25) is 4.79 Å². The van der Waals surface area contributed by atoms with E-state index in [1.54, 1.807) is 17.0 Å². The van der Waals surface area contributed by atoms with Crippen molar-refractivity contribution < 1.29 is 13.6 Å². The number of nitrogens with zero attached hydrogens (tertiary/aromatic N) is 4. The fourth-order valence-electron chi connectivity index (χ4n) is 3.56. The molecule has 0 saturated carbocycles. The third kappa shape index (κ3) is 4.20. The molecule has 1 amide bonds. The van der Waals surface area contributed by atoms with Gasteiger partial charge in [-0.1, -0.05) is 18.2 Å². The molecule has 0 unspecified atom stereocenters. The van der Waals surface area contributed by atoms with Crippen LogP contribution in [0.25, 0.3) is 10.9 Å². The number of hydrogen-bond donors (Lipinski definition) is 1. The van der Waals surface area contributed by atoms with E-state index in [1.807, 2.05) is 30.3 Å². The van der Waals surface area contributed by atoms with E-state index in [9.17, 15) is 13.6 Å². The molecule has 152 valence electrons. The van der Waals surface area contributed by atoms with Crippen LogP contribution in [-0.4, -0.2) is 34.9 Å². The number of anilines is 2. The Bertz CT molecular complexity index is 1140. The number of amides is 1. The van der Waals surface area contributed by atoms with Gasteiger partial charge >= 0.3 is 0 Å². The summed E-state index contributed by atoms with van der Waals surface area (Å²) in [5.41, 5.74) is 1.59. The predicted octanol–water partition coefficient (Wildman–Crippen LogP) is 4.38. The zero-order chi connectivity index (χ0) is 21.1. The summed E-state index contributed by atoms with van der Waals surface area (Å²) < 4.78 is 27.7. The lowest BCUT2D eigenvalue weighted by Gasteiger charge is -2.24. The van der Waals surface area contributed by atoms with E-state index >= 15 is 0 Å². The summed E-state index contributed by atoms with van der Waals surface area (Å²) in [7, 11) is 0. The van der Waals surface area contributed by atoms with Crippen molar-refractivity contribution in [3.05, 3.63) is 59.9 Å². The normalized spacial score (nSPS) is 16.0. The number of alkyl halides is 2. The minimum atomic E-state index is -2.71. The smallest absolute Gasteiger partial charge is 0.259 e. The highest BCUT2D eigenvalue weighted by Crippen LogP contribution is 2.32. The molecule has 0 spiro atoms. The van der Waals surface area contributed by atoms with Crippen LogP contribution >= 0.6 is 0 Å². The van der Waals surface area contributed by atoms with E-state index < -0.39 is 11.8 Å². The van der Waals surface area contributed by atoms with Gasteiger partial charge in [-0.05, 0) is 30.7 Å². The number of carbonyl (C=O) groups is 1. The highest BCUT2D eigenvalue weighted by atomic mass is 19.3. The van der Waals surface area contributed by atoms with Gasteiger partial charge in [-0.25, -0.2) is 18.7 Å². The van der Waals surface area contributed by atoms with Gasteiger partial charge in [0.1, 0.15) is 17.6 Å². The lowest BCUT2D eigenvalue weighted by Crippen LogP contribution is -2.29. The second kappa shape index (κ2) is 8.03. The standard InChI is InChI=1S/C22H19F2N5O/c23-22(24)7-3-10-29(11-8-22)20-18(12-15-4-1-2-5-19(15)28-20)21(30)27-16-6-9-26-17(13-16)14-25/h1-2,4-6,9,12-13H,3,7-8,10-11H2,(H,26,27,30). The predicted molar refractivity (Wildman–Crippen MR) is 110 cm³/mol. The Morgan fingerprint density at radius 3 is 2.83 bits per heavy atom. The molecule has 1 aliphatic rings.